The van der Waals surface area contributed by atoms with Gasteiger partial charge in [-0.15, -0.1) is 6.58 Å². The second kappa shape index (κ2) is 19.4. The molecule has 0 aliphatic carbocycles. The van der Waals surface area contributed by atoms with Gasteiger partial charge in [0, 0.05) is 0 Å². The monoisotopic (exact) mass is 748 g/mol. The Labute approximate surface area is 320 Å². The summed E-state index contributed by atoms with van der Waals surface area (Å²) < 4.78 is 36.2. The first kappa shape index (κ1) is 40.3. The number of ether oxygens (including phenoxy) is 6. The summed E-state index contributed by atoms with van der Waals surface area (Å²) in [6.45, 7) is 6.96. The van der Waals surface area contributed by atoms with Gasteiger partial charge in [-0.2, -0.15) is 0 Å². The number of aliphatic hydroxyl groups excluding tert-OH is 1. The van der Waals surface area contributed by atoms with Crippen molar-refractivity contribution in [2.45, 2.75) is 63.0 Å². The Morgan fingerprint density at radius 2 is 1.09 bits per heavy atom. The molecule has 4 aromatic carbocycles. The fraction of sp³-hybridized carbons (Fsp3) is 0.273. The molecule has 0 unspecified atom stereocenters. The average Bonchev–Trinajstić information content (AvgIpc) is 3.22. The van der Waals surface area contributed by atoms with Crippen LogP contribution in [0.3, 0.4) is 0 Å². The maximum Gasteiger partial charge on any atom is 0.338 e. The lowest BCUT2D eigenvalue weighted by Crippen LogP contribution is -2.63. The molecule has 0 spiro atoms. The lowest BCUT2D eigenvalue weighted by Gasteiger charge is -2.46. The van der Waals surface area contributed by atoms with Gasteiger partial charge in [0.25, 0.3) is 0 Å². The van der Waals surface area contributed by atoms with Crippen LogP contribution >= 0.6 is 0 Å². The Bertz CT molecular complexity index is 1910. The summed E-state index contributed by atoms with van der Waals surface area (Å²) >= 11 is 0. The number of hydrogen-bond donors (Lipinski definition) is 1. The van der Waals surface area contributed by atoms with E-state index >= 15 is 0 Å². The van der Waals surface area contributed by atoms with E-state index in [0.717, 1.165) is 5.57 Å². The van der Waals surface area contributed by atoms with Crippen molar-refractivity contribution < 1.29 is 52.7 Å². The normalized spacial score (nSPS) is 20.6. The third-order valence-electron chi connectivity index (χ3n) is 8.92. The molecule has 286 valence electrons. The highest BCUT2D eigenvalue weighted by molar-refractivity contribution is 5.91. The number of carbonyl (C=O) groups is 4. The van der Waals surface area contributed by atoms with Crippen molar-refractivity contribution in [2.24, 2.45) is 0 Å². The third-order valence-corrected chi connectivity index (χ3v) is 8.92. The van der Waals surface area contributed by atoms with Crippen molar-refractivity contribution in [1.82, 2.24) is 0 Å². The fourth-order valence-electron chi connectivity index (χ4n) is 5.80. The standard InChI is InChI=1S/C44H44O11/c1-4-44(3,27-17-18-30(2)29-50-39(46)31-19-9-5-10-20-31)55-43-38(54-42(49)34-25-15-8-16-26-34)37(53-41(48)33-23-13-7-14-24-33)36(35(28-45)51-43)52-40(47)32-21-11-6-12-22-32/h4-16,18-26,35-38,43,45H,1,17,27-29H2,2-3H3/b30-18+/t35-,36-,37+,38-,43+,44-/m1/s1. The molecule has 0 amide bonds. The zero-order valence-electron chi connectivity index (χ0n) is 30.7. The average molecular weight is 749 g/mol. The first-order valence-electron chi connectivity index (χ1n) is 17.8. The molecule has 1 heterocycles. The Morgan fingerprint density at radius 1 is 0.673 bits per heavy atom. The molecule has 11 heteroatoms. The van der Waals surface area contributed by atoms with Gasteiger partial charge in [0.2, 0.25) is 0 Å². The molecule has 1 aliphatic rings. The number of benzene rings is 4. The maximum absolute atomic E-state index is 13.6. The molecule has 0 saturated carbocycles. The Morgan fingerprint density at radius 3 is 1.53 bits per heavy atom. The molecule has 0 bridgehead atoms. The van der Waals surface area contributed by atoms with Crippen molar-refractivity contribution in [3.8, 4) is 0 Å². The predicted molar refractivity (Wildman–Crippen MR) is 202 cm³/mol. The summed E-state index contributed by atoms with van der Waals surface area (Å²) in [5.74, 6) is -2.81. The van der Waals surface area contributed by atoms with Crippen molar-refractivity contribution in [3.63, 3.8) is 0 Å². The Kier molecular flexibility index (Phi) is 14.3. The highest BCUT2D eigenvalue weighted by atomic mass is 16.7. The van der Waals surface area contributed by atoms with E-state index in [4.69, 9.17) is 28.4 Å². The molecule has 1 fully saturated rings. The number of esters is 4. The van der Waals surface area contributed by atoms with Gasteiger partial charge in [0.1, 0.15) is 12.7 Å². The van der Waals surface area contributed by atoms with E-state index < -0.39 is 66.8 Å². The molecular formula is C44H44O11. The summed E-state index contributed by atoms with van der Waals surface area (Å²) in [6, 6.07) is 33.1. The van der Waals surface area contributed by atoms with Gasteiger partial charge in [0.15, 0.2) is 24.6 Å². The van der Waals surface area contributed by atoms with E-state index in [2.05, 4.69) is 6.58 Å². The minimum atomic E-state index is -1.51. The maximum atomic E-state index is 13.6. The van der Waals surface area contributed by atoms with E-state index in [0.29, 0.717) is 18.4 Å². The molecule has 55 heavy (non-hydrogen) atoms. The molecule has 4 aromatic rings. The molecule has 0 aromatic heterocycles. The number of carbonyl (C=O) groups excluding carboxylic acids is 4. The van der Waals surface area contributed by atoms with Gasteiger partial charge in [-0.1, -0.05) is 84.9 Å². The zero-order chi connectivity index (χ0) is 39.2. The van der Waals surface area contributed by atoms with Crippen LogP contribution in [0, 0.1) is 0 Å². The molecule has 5 rings (SSSR count). The van der Waals surface area contributed by atoms with E-state index in [-0.39, 0.29) is 23.3 Å². The van der Waals surface area contributed by atoms with Crippen LogP contribution in [0.1, 0.15) is 68.1 Å². The molecule has 0 radical (unpaired) electrons. The Hall–Kier alpha value is -5.88. The SMILES string of the molecule is C=C[C@](C)(CC/C=C(\C)COC(=O)c1ccccc1)O[C@@H]1O[C@H](CO)[C@@H](OC(=O)c2ccccc2)[C@H](OC(=O)c2ccccc2)[C@H]1OC(=O)c1ccccc1. The highest BCUT2D eigenvalue weighted by Crippen LogP contribution is 2.34. The highest BCUT2D eigenvalue weighted by Gasteiger charge is 2.54. The molecule has 1 saturated heterocycles. The van der Waals surface area contributed by atoms with Gasteiger partial charge in [-0.05, 0) is 80.8 Å². The van der Waals surface area contributed by atoms with Gasteiger partial charge in [0.05, 0.1) is 34.5 Å². The fourth-order valence-corrected chi connectivity index (χ4v) is 5.80. The minimum Gasteiger partial charge on any atom is -0.458 e. The summed E-state index contributed by atoms with van der Waals surface area (Å²) in [6.07, 6.45) is -2.96. The largest absolute Gasteiger partial charge is 0.458 e. The second-order valence-corrected chi connectivity index (χ2v) is 13.1. The number of rotatable bonds is 16. The van der Waals surface area contributed by atoms with Crippen LogP contribution in [0.4, 0.5) is 0 Å². The van der Waals surface area contributed by atoms with Crippen LogP contribution < -0.4 is 0 Å². The third kappa shape index (κ3) is 11.1. The van der Waals surface area contributed by atoms with Crippen molar-refractivity contribution >= 4 is 23.9 Å². The van der Waals surface area contributed by atoms with Crippen LogP contribution in [0.2, 0.25) is 0 Å². The lowest BCUT2D eigenvalue weighted by atomic mass is 9.95. The first-order chi connectivity index (χ1) is 26.6. The number of aliphatic hydroxyl groups is 1. The molecule has 6 atom stereocenters. The van der Waals surface area contributed by atoms with Gasteiger partial charge in [-0.25, -0.2) is 19.2 Å². The van der Waals surface area contributed by atoms with Gasteiger partial charge < -0.3 is 33.5 Å². The van der Waals surface area contributed by atoms with Crippen molar-refractivity contribution in [3.05, 3.63) is 168 Å². The first-order valence-corrected chi connectivity index (χ1v) is 17.8. The van der Waals surface area contributed by atoms with Crippen LogP contribution in [0.5, 0.6) is 0 Å². The van der Waals surface area contributed by atoms with Crippen LogP contribution in [0.15, 0.2) is 146 Å². The van der Waals surface area contributed by atoms with Crippen LogP contribution in [-0.2, 0) is 28.4 Å². The van der Waals surface area contributed by atoms with E-state index in [1.165, 1.54) is 0 Å². The number of allylic oxidation sites excluding steroid dienone is 1. The lowest BCUT2D eigenvalue weighted by molar-refractivity contribution is -0.317. The molecule has 11 nitrogen and oxygen atoms in total. The second-order valence-electron chi connectivity index (χ2n) is 13.1. The van der Waals surface area contributed by atoms with E-state index in [9.17, 15) is 24.3 Å². The summed E-state index contributed by atoms with van der Waals surface area (Å²) in [7, 11) is 0. The quantitative estimate of drug-likeness (QED) is 0.0724. The Balaban J connectivity index is 1.42. The van der Waals surface area contributed by atoms with Crippen LogP contribution in [0.25, 0.3) is 0 Å². The van der Waals surface area contributed by atoms with E-state index in [1.54, 1.807) is 128 Å². The van der Waals surface area contributed by atoms with Crippen molar-refractivity contribution in [2.75, 3.05) is 13.2 Å². The van der Waals surface area contributed by atoms with Gasteiger partial charge in [-0.3, -0.25) is 0 Å². The smallest absolute Gasteiger partial charge is 0.338 e. The molecular weight excluding hydrogens is 704 g/mol. The van der Waals surface area contributed by atoms with Crippen LogP contribution in [-0.4, -0.2) is 78.5 Å². The molecule has 1 aliphatic heterocycles. The van der Waals surface area contributed by atoms with E-state index in [1.807, 2.05) is 19.1 Å². The summed E-state index contributed by atoms with van der Waals surface area (Å²) in [4.78, 5) is 53.1. The molecule has 1 N–H and O–H groups in total. The van der Waals surface area contributed by atoms with Crippen molar-refractivity contribution in [1.29, 1.82) is 0 Å². The predicted octanol–water partition coefficient (Wildman–Crippen LogP) is 6.93. The number of hydrogen-bond acceptors (Lipinski definition) is 11. The zero-order valence-corrected chi connectivity index (χ0v) is 30.7. The minimum absolute atomic E-state index is 0.0817. The summed E-state index contributed by atoms with van der Waals surface area (Å²) in [5.41, 5.74) is 0.680. The summed E-state index contributed by atoms with van der Waals surface area (Å²) in [5, 5.41) is 10.6. The topological polar surface area (TPSA) is 144 Å². The van der Waals surface area contributed by atoms with Gasteiger partial charge >= 0.3 is 23.9 Å².